The van der Waals surface area contributed by atoms with Gasteiger partial charge >= 0.3 is 0 Å². The highest BCUT2D eigenvalue weighted by molar-refractivity contribution is 5.98. The fourth-order valence-electron chi connectivity index (χ4n) is 4.35. The quantitative estimate of drug-likeness (QED) is 0.351. The lowest BCUT2D eigenvalue weighted by Crippen LogP contribution is -2.44. The number of morpholine rings is 1. The predicted octanol–water partition coefficient (Wildman–Crippen LogP) is 4.70. The summed E-state index contributed by atoms with van der Waals surface area (Å²) >= 11 is 0. The molecule has 1 saturated heterocycles. The monoisotopic (exact) mass is 425 g/mol. The molecule has 1 atom stereocenters. The summed E-state index contributed by atoms with van der Waals surface area (Å²) in [6.45, 7) is 7.29. The van der Waals surface area contributed by atoms with Crippen LogP contribution in [0.1, 0.15) is 22.7 Å². The van der Waals surface area contributed by atoms with E-state index in [-0.39, 0.29) is 6.04 Å². The van der Waals surface area contributed by atoms with Crippen molar-refractivity contribution in [1.82, 2.24) is 19.9 Å². The Morgan fingerprint density at radius 2 is 1.56 bits per heavy atom. The van der Waals surface area contributed by atoms with E-state index in [9.17, 15) is 0 Å². The summed E-state index contributed by atoms with van der Waals surface area (Å²) in [5.74, 6) is 0.851. The maximum Gasteiger partial charge on any atom is 0.154 e. The minimum absolute atomic E-state index is 0.0794. The van der Waals surface area contributed by atoms with Gasteiger partial charge < -0.3 is 4.74 Å². The molecule has 0 bridgehead atoms. The van der Waals surface area contributed by atoms with Crippen molar-refractivity contribution < 1.29 is 4.74 Å². The van der Waals surface area contributed by atoms with Crippen molar-refractivity contribution in [2.24, 2.45) is 4.99 Å². The highest BCUT2D eigenvalue weighted by Crippen LogP contribution is 2.30. The Bertz CT molecular complexity index is 1220. The molecule has 4 aromatic rings. The second-order valence-electron chi connectivity index (χ2n) is 8.16. The first kappa shape index (κ1) is 20.5. The molecule has 0 radical (unpaired) electrons. The molecule has 162 valence electrons. The first-order valence-corrected chi connectivity index (χ1v) is 11.0. The second kappa shape index (κ2) is 9.02. The number of benzene rings is 3. The molecule has 5 rings (SSSR count). The van der Waals surface area contributed by atoms with Gasteiger partial charge in [0.25, 0.3) is 0 Å². The Kier molecular flexibility index (Phi) is 5.79. The van der Waals surface area contributed by atoms with E-state index in [1.165, 1.54) is 5.56 Å². The van der Waals surface area contributed by atoms with Crippen molar-refractivity contribution in [1.29, 1.82) is 0 Å². The number of nitrogens with zero attached hydrogens (tertiary/aromatic N) is 5. The van der Waals surface area contributed by atoms with E-state index in [2.05, 4.69) is 77.6 Å². The lowest BCUT2D eigenvalue weighted by atomic mass is 10.0. The highest BCUT2D eigenvalue weighted by Gasteiger charge is 2.30. The number of para-hydroxylation sites is 2. The van der Waals surface area contributed by atoms with Gasteiger partial charge in [0, 0.05) is 13.1 Å². The lowest BCUT2D eigenvalue weighted by Gasteiger charge is -2.35. The standard InChI is InChI=1S/C26H27N5O/c1-19-9-8-10-20(2)24(19)27-26(31-23-14-7-6-13-22(23)28-29-31)25(21-11-4-3-5-12-21)30-15-17-32-18-16-30/h3-14,25H,15-18H2,1-2H3/t25-/m1/s1. The van der Waals surface area contributed by atoms with E-state index in [0.717, 1.165) is 46.8 Å². The van der Waals surface area contributed by atoms with Crippen LogP contribution >= 0.6 is 0 Å². The van der Waals surface area contributed by atoms with E-state index >= 15 is 0 Å². The Balaban J connectivity index is 1.76. The molecule has 1 aliphatic rings. The molecule has 1 aliphatic heterocycles. The van der Waals surface area contributed by atoms with Crippen LogP contribution in [0.25, 0.3) is 11.0 Å². The topological polar surface area (TPSA) is 55.5 Å². The number of aliphatic imine (C=N–C) groups is 1. The van der Waals surface area contributed by atoms with Crippen LogP contribution in [0.3, 0.4) is 0 Å². The van der Waals surface area contributed by atoms with Crippen molar-refractivity contribution in [3.05, 3.63) is 89.5 Å². The summed E-state index contributed by atoms with van der Waals surface area (Å²) in [5, 5.41) is 9.01. The number of aromatic nitrogens is 3. The number of hydrogen-bond acceptors (Lipinski definition) is 5. The summed E-state index contributed by atoms with van der Waals surface area (Å²) in [5.41, 5.74) is 6.25. The summed E-state index contributed by atoms with van der Waals surface area (Å²) in [6.07, 6.45) is 0. The second-order valence-corrected chi connectivity index (χ2v) is 8.16. The zero-order valence-corrected chi connectivity index (χ0v) is 18.5. The van der Waals surface area contributed by atoms with Crippen molar-refractivity contribution in [3.63, 3.8) is 0 Å². The molecule has 0 amide bonds. The van der Waals surface area contributed by atoms with E-state index in [4.69, 9.17) is 9.73 Å². The van der Waals surface area contributed by atoms with Crippen LogP contribution in [0, 0.1) is 13.8 Å². The maximum atomic E-state index is 5.67. The first-order valence-electron chi connectivity index (χ1n) is 11.0. The van der Waals surface area contributed by atoms with Gasteiger partial charge in [-0.05, 0) is 42.7 Å². The van der Waals surface area contributed by atoms with Gasteiger partial charge in [0.05, 0.1) is 30.5 Å². The summed E-state index contributed by atoms with van der Waals surface area (Å²) in [4.78, 5) is 7.73. The van der Waals surface area contributed by atoms with Crippen molar-refractivity contribution in [3.8, 4) is 0 Å². The van der Waals surface area contributed by atoms with Crippen LogP contribution < -0.4 is 0 Å². The van der Waals surface area contributed by atoms with Gasteiger partial charge in [-0.2, -0.15) is 4.68 Å². The van der Waals surface area contributed by atoms with Crippen molar-refractivity contribution in [2.75, 3.05) is 26.3 Å². The van der Waals surface area contributed by atoms with Gasteiger partial charge in [0.2, 0.25) is 0 Å². The fraction of sp³-hybridized carbons (Fsp3) is 0.269. The maximum absolute atomic E-state index is 5.67. The number of rotatable bonds is 4. The van der Waals surface area contributed by atoms with Crippen LogP contribution in [-0.2, 0) is 4.74 Å². The molecule has 3 aromatic carbocycles. The van der Waals surface area contributed by atoms with Crippen molar-refractivity contribution in [2.45, 2.75) is 19.9 Å². The lowest BCUT2D eigenvalue weighted by molar-refractivity contribution is 0.0281. The molecular weight excluding hydrogens is 398 g/mol. The fourth-order valence-corrected chi connectivity index (χ4v) is 4.35. The van der Waals surface area contributed by atoms with Crippen molar-refractivity contribution >= 4 is 22.6 Å². The van der Waals surface area contributed by atoms with E-state index in [1.54, 1.807) is 0 Å². The SMILES string of the molecule is Cc1cccc(C)c1N=C([C@@H](c1ccccc1)N1CCOCC1)n1nnc2ccccc21. The summed E-state index contributed by atoms with van der Waals surface area (Å²) in [6, 6.07) is 24.8. The largest absolute Gasteiger partial charge is 0.379 e. The molecular formula is C26H27N5O. The zero-order valence-electron chi connectivity index (χ0n) is 18.5. The number of aryl methyl sites for hydroxylation is 2. The average molecular weight is 426 g/mol. The van der Waals surface area contributed by atoms with Crippen LogP contribution in [0.15, 0.2) is 77.8 Å². The van der Waals surface area contributed by atoms with E-state index in [0.29, 0.717) is 13.2 Å². The van der Waals surface area contributed by atoms with Gasteiger partial charge in [-0.25, -0.2) is 4.99 Å². The van der Waals surface area contributed by atoms with Crippen LogP contribution in [-0.4, -0.2) is 52.0 Å². The van der Waals surface area contributed by atoms with Crippen LogP contribution in [0.5, 0.6) is 0 Å². The zero-order chi connectivity index (χ0) is 21.9. The number of hydrogen-bond donors (Lipinski definition) is 0. The molecule has 32 heavy (non-hydrogen) atoms. The molecule has 6 nitrogen and oxygen atoms in total. The average Bonchev–Trinajstić information content (AvgIpc) is 3.26. The summed E-state index contributed by atoms with van der Waals surface area (Å²) < 4.78 is 7.58. The third-order valence-corrected chi connectivity index (χ3v) is 6.01. The van der Waals surface area contributed by atoms with E-state index < -0.39 is 0 Å². The minimum Gasteiger partial charge on any atom is -0.379 e. The number of ether oxygens (including phenoxy) is 1. The number of fused-ring (bicyclic) bond motifs is 1. The normalized spacial score (nSPS) is 16.4. The molecule has 1 aromatic heterocycles. The molecule has 0 unspecified atom stereocenters. The minimum atomic E-state index is -0.0794. The smallest absolute Gasteiger partial charge is 0.154 e. The third-order valence-electron chi connectivity index (χ3n) is 6.01. The molecule has 0 aliphatic carbocycles. The predicted molar refractivity (Wildman–Crippen MR) is 128 cm³/mol. The molecule has 1 fully saturated rings. The van der Waals surface area contributed by atoms with Gasteiger partial charge in [0.15, 0.2) is 5.84 Å². The van der Waals surface area contributed by atoms with E-state index in [1.807, 2.05) is 28.9 Å². The first-order chi connectivity index (χ1) is 15.7. The Morgan fingerprint density at radius 1 is 0.875 bits per heavy atom. The van der Waals surface area contributed by atoms with Gasteiger partial charge in [-0.1, -0.05) is 65.9 Å². The third kappa shape index (κ3) is 3.95. The Labute approximate surface area is 188 Å². The molecule has 0 spiro atoms. The van der Waals surface area contributed by atoms with Gasteiger partial charge in [0.1, 0.15) is 5.52 Å². The van der Waals surface area contributed by atoms with Gasteiger partial charge in [-0.15, -0.1) is 5.10 Å². The van der Waals surface area contributed by atoms with Gasteiger partial charge in [-0.3, -0.25) is 4.90 Å². The van der Waals surface area contributed by atoms with Crippen LogP contribution in [0.2, 0.25) is 0 Å². The summed E-state index contributed by atoms with van der Waals surface area (Å²) in [7, 11) is 0. The van der Waals surface area contributed by atoms with Crippen LogP contribution in [0.4, 0.5) is 5.69 Å². The molecule has 2 heterocycles. The highest BCUT2D eigenvalue weighted by atomic mass is 16.5. The molecule has 6 heteroatoms. The molecule has 0 N–H and O–H groups in total. The Hall–Kier alpha value is -3.35. The molecule has 0 saturated carbocycles. The Morgan fingerprint density at radius 3 is 2.31 bits per heavy atom.